The van der Waals surface area contributed by atoms with E-state index in [1.807, 2.05) is 28.4 Å². The smallest absolute Gasteiger partial charge is 0.253 e. The molecule has 2 aliphatic rings. The van der Waals surface area contributed by atoms with Gasteiger partial charge in [-0.1, -0.05) is 29.7 Å². The van der Waals surface area contributed by atoms with Crippen LogP contribution in [0.1, 0.15) is 60.8 Å². The van der Waals surface area contributed by atoms with Crippen LogP contribution in [0.4, 0.5) is 0 Å². The Morgan fingerprint density at radius 3 is 2.52 bits per heavy atom. The first-order valence-electron chi connectivity index (χ1n) is 12.1. The van der Waals surface area contributed by atoms with Gasteiger partial charge in [0.05, 0.1) is 15.2 Å². The highest BCUT2D eigenvalue weighted by atomic mass is 32.2. The molecule has 0 spiro atoms. The number of amides is 1. The summed E-state index contributed by atoms with van der Waals surface area (Å²) in [5.74, 6) is 1.35. The maximum atomic E-state index is 12.9. The van der Waals surface area contributed by atoms with Crippen molar-refractivity contribution in [3.8, 4) is 0 Å². The van der Waals surface area contributed by atoms with Crippen molar-refractivity contribution in [2.24, 2.45) is 5.92 Å². The Morgan fingerprint density at radius 2 is 1.82 bits per heavy atom. The molecule has 2 aromatic carbocycles. The second-order valence-corrected chi connectivity index (χ2v) is 12.4. The molecule has 2 saturated heterocycles. The highest BCUT2D eigenvalue weighted by Gasteiger charge is 2.26. The zero-order chi connectivity index (χ0) is 22.8. The summed E-state index contributed by atoms with van der Waals surface area (Å²) in [6, 6.07) is 16.9. The second kappa shape index (κ2) is 10.1. The number of likely N-dealkylation sites (tertiary alicyclic amines) is 1. The SMILES string of the molecule is C/C=S(\c1ccc(C(=O)N2CCCC(C)C2)cc1)N1CCC(c2nc3ccccc3s2)CC1. The molecule has 174 valence electrons. The van der Waals surface area contributed by atoms with E-state index in [9.17, 15) is 4.79 Å². The number of thiazole rings is 1. The Bertz CT molecular complexity index is 1110. The van der Waals surface area contributed by atoms with E-state index in [1.54, 1.807) is 0 Å². The Hall–Kier alpha value is -2.02. The molecule has 1 amide bonds. The standard InChI is InChI=1S/C27H33N3OS2/c1-3-33(23-12-10-22(11-13-23)27(31)29-16-6-7-20(2)19-29)30-17-14-21(15-18-30)26-28-24-8-4-5-9-25(24)32-26/h3-5,8-13,20-21H,6-7,14-19H2,1-2H3. The molecule has 0 aliphatic carbocycles. The lowest BCUT2D eigenvalue weighted by atomic mass is 9.99. The topological polar surface area (TPSA) is 36.4 Å². The maximum absolute atomic E-state index is 12.9. The average Bonchev–Trinajstić information content (AvgIpc) is 3.29. The van der Waals surface area contributed by atoms with Crippen LogP contribution >= 0.6 is 22.0 Å². The van der Waals surface area contributed by atoms with Crippen molar-refractivity contribution in [3.63, 3.8) is 0 Å². The Morgan fingerprint density at radius 1 is 1.06 bits per heavy atom. The minimum absolute atomic E-state index is 0.0328. The molecule has 3 heterocycles. The van der Waals surface area contributed by atoms with E-state index in [0.29, 0.717) is 11.8 Å². The van der Waals surface area contributed by atoms with Crippen LogP contribution < -0.4 is 0 Å². The van der Waals surface area contributed by atoms with Gasteiger partial charge in [-0.2, -0.15) is 0 Å². The Balaban J connectivity index is 1.23. The minimum atomic E-state index is -0.0328. The highest BCUT2D eigenvalue weighted by Crippen LogP contribution is 2.39. The van der Waals surface area contributed by atoms with Crippen molar-refractivity contribution < 1.29 is 4.79 Å². The zero-order valence-corrected chi connectivity index (χ0v) is 21.2. The molecule has 2 fully saturated rings. The minimum Gasteiger partial charge on any atom is -0.338 e. The van der Waals surface area contributed by atoms with Crippen LogP contribution in [-0.4, -0.2) is 51.6 Å². The first-order chi connectivity index (χ1) is 16.1. The predicted octanol–water partition coefficient (Wildman–Crippen LogP) is 6.41. The third-order valence-electron chi connectivity index (χ3n) is 6.90. The summed E-state index contributed by atoms with van der Waals surface area (Å²) in [4.78, 5) is 21.2. The summed E-state index contributed by atoms with van der Waals surface area (Å²) in [6.07, 6.45) is 4.65. The molecule has 33 heavy (non-hydrogen) atoms. The molecular weight excluding hydrogens is 446 g/mol. The van der Waals surface area contributed by atoms with Gasteiger partial charge < -0.3 is 4.90 Å². The lowest BCUT2D eigenvalue weighted by Gasteiger charge is -2.33. The van der Waals surface area contributed by atoms with E-state index in [2.05, 4.69) is 59.9 Å². The largest absolute Gasteiger partial charge is 0.338 e. The first-order valence-corrected chi connectivity index (χ1v) is 14.2. The molecule has 0 bridgehead atoms. The number of carbonyl (C=O) groups excluding carboxylic acids is 1. The Kier molecular flexibility index (Phi) is 6.95. The third kappa shape index (κ3) is 4.93. The molecule has 5 rings (SSSR count). The van der Waals surface area contributed by atoms with Crippen molar-refractivity contribution in [1.29, 1.82) is 0 Å². The van der Waals surface area contributed by atoms with Gasteiger partial charge >= 0.3 is 0 Å². The summed E-state index contributed by atoms with van der Waals surface area (Å²) in [5.41, 5.74) is 1.96. The normalized spacial score (nSPS) is 21.5. The van der Waals surface area contributed by atoms with E-state index in [4.69, 9.17) is 4.98 Å². The van der Waals surface area contributed by atoms with Gasteiger partial charge in [0.1, 0.15) is 0 Å². The highest BCUT2D eigenvalue weighted by molar-refractivity contribution is 8.13. The molecule has 2 aliphatic heterocycles. The lowest BCUT2D eigenvalue weighted by Crippen LogP contribution is -2.39. The van der Waals surface area contributed by atoms with E-state index < -0.39 is 0 Å². The zero-order valence-electron chi connectivity index (χ0n) is 19.6. The predicted molar refractivity (Wildman–Crippen MR) is 142 cm³/mol. The van der Waals surface area contributed by atoms with Crippen molar-refractivity contribution in [3.05, 3.63) is 59.1 Å². The molecular formula is C27H33N3OS2. The molecule has 2 atom stereocenters. The van der Waals surface area contributed by atoms with Crippen LogP contribution in [0, 0.1) is 5.92 Å². The van der Waals surface area contributed by atoms with E-state index in [1.165, 1.54) is 21.0 Å². The Labute approximate surface area is 203 Å². The quantitative estimate of drug-likeness (QED) is 0.406. The first kappa shape index (κ1) is 22.8. The fourth-order valence-corrected chi connectivity index (χ4v) is 8.12. The van der Waals surface area contributed by atoms with Crippen LogP contribution in [-0.2, 0) is 0 Å². The third-order valence-corrected chi connectivity index (χ3v) is 10.2. The molecule has 4 nitrogen and oxygen atoms in total. The van der Waals surface area contributed by atoms with E-state index in [-0.39, 0.29) is 16.6 Å². The lowest BCUT2D eigenvalue weighted by molar-refractivity contribution is 0.0683. The number of benzene rings is 2. The number of fused-ring (bicyclic) bond motifs is 1. The number of piperidine rings is 2. The second-order valence-electron chi connectivity index (χ2n) is 9.30. The number of rotatable bonds is 4. The number of nitrogens with zero attached hydrogens (tertiary/aromatic N) is 3. The number of carbonyl (C=O) groups is 1. The fourth-order valence-electron chi connectivity index (χ4n) is 5.09. The monoisotopic (exact) mass is 479 g/mol. The molecule has 0 N–H and O–H groups in total. The van der Waals surface area contributed by atoms with Gasteiger partial charge in [-0.3, -0.25) is 9.10 Å². The molecule has 1 aromatic heterocycles. The fraction of sp³-hybridized carbons (Fsp3) is 0.444. The molecule has 0 radical (unpaired) electrons. The van der Waals surface area contributed by atoms with Gasteiger partial charge in [-0.15, -0.1) is 11.3 Å². The van der Waals surface area contributed by atoms with Gasteiger partial charge in [0, 0.05) is 42.6 Å². The van der Waals surface area contributed by atoms with Crippen LogP contribution in [0.2, 0.25) is 0 Å². The van der Waals surface area contributed by atoms with Gasteiger partial charge in [0.15, 0.2) is 0 Å². The summed E-state index contributed by atoms with van der Waals surface area (Å²) in [5, 5.41) is 3.62. The maximum Gasteiger partial charge on any atom is 0.253 e. The number of para-hydroxylation sites is 1. The van der Waals surface area contributed by atoms with Crippen LogP contribution in [0.25, 0.3) is 10.2 Å². The van der Waals surface area contributed by atoms with Gasteiger partial charge in [0.2, 0.25) is 0 Å². The van der Waals surface area contributed by atoms with Crippen LogP contribution in [0.3, 0.4) is 0 Å². The summed E-state index contributed by atoms with van der Waals surface area (Å²) < 4.78 is 3.90. The van der Waals surface area contributed by atoms with E-state index >= 15 is 0 Å². The summed E-state index contributed by atoms with van der Waals surface area (Å²) in [7, 11) is -0.0328. The van der Waals surface area contributed by atoms with E-state index in [0.717, 1.165) is 56.5 Å². The average molecular weight is 480 g/mol. The van der Waals surface area contributed by atoms with Gasteiger partial charge in [-0.25, -0.2) is 4.98 Å². The number of aromatic nitrogens is 1. The van der Waals surface area contributed by atoms with Gasteiger partial charge in [0.25, 0.3) is 5.91 Å². The molecule has 6 heteroatoms. The van der Waals surface area contributed by atoms with Crippen LogP contribution in [0.15, 0.2) is 53.4 Å². The molecule has 3 aromatic rings. The number of hydrogen-bond acceptors (Lipinski definition) is 4. The van der Waals surface area contributed by atoms with Gasteiger partial charge in [-0.05, 0) is 80.3 Å². The number of hydrogen-bond donors (Lipinski definition) is 0. The molecule has 0 saturated carbocycles. The van der Waals surface area contributed by atoms with Crippen molar-refractivity contribution in [1.82, 2.24) is 14.2 Å². The molecule has 2 unspecified atom stereocenters. The van der Waals surface area contributed by atoms with Crippen molar-refractivity contribution in [2.75, 3.05) is 26.2 Å². The summed E-state index contributed by atoms with van der Waals surface area (Å²) >= 11 is 1.86. The summed E-state index contributed by atoms with van der Waals surface area (Å²) in [6.45, 7) is 8.35. The van der Waals surface area contributed by atoms with Crippen molar-refractivity contribution >= 4 is 43.5 Å². The van der Waals surface area contributed by atoms with Crippen LogP contribution in [0.5, 0.6) is 0 Å². The van der Waals surface area contributed by atoms with Crippen molar-refractivity contribution in [2.45, 2.75) is 50.3 Å².